The number of rotatable bonds is 0. The summed E-state index contributed by atoms with van der Waals surface area (Å²) in [4.78, 5) is 3.35. The van der Waals surface area contributed by atoms with Gasteiger partial charge in [0.25, 0.3) is 0 Å². The number of benzene rings is 2. The first kappa shape index (κ1) is 7.44. The smallest absolute Gasteiger partial charge is 0.0466 e. The van der Waals surface area contributed by atoms with Crippen molar-refractivity contribution < 1.29 is 0 Å². The normalized spacial score (nSPS) is 11.1. The van der Waals surface area contributed by atoms with Gasteiger partial charge in [0.15, 0.2) is 0 Å². The second-order valence-electron chi connectivity index (χ2n) is 3.48. The van der Waals surface area contributed by atoms with E-state index in [2.05, 4.69) is 17.1 Å². The maximum atomic E-state index is 5.76. The predicted molar refractivity (Wildman–Crippen MR) is 60.2 cm³/mol. The molecule has 0 spiro atoms. The van der Waals surface area contributed by atoms with Gasteiger partial charge in [-0.15, -0.1) is 0 Å². The SMILES string of the molecule is Nc1ccc2[nH]c3ccccc3c2c1. The number of nitrogens with two attached hydrogens (primary N) is 1. The Hall–Kier alpha value is -1.96. The van der Waals surface area contributed by atoms with Crippen molar-refractivity contribution in [1.29, 1.82) is 0 Å². The van der Waals surface area contributed by atoms with Crippen molar-refractivity contribution in [3.05, 3.63) is 42.5 Å². The lowest BCUT2D eigenvalue weighted by Crippen LogP contribution is -1.81. The maximum Gasteiger partial charge on any atom is 0.0466 e. The number of aromatic nitrogens is 1. The molecule has 0 saturated carbocycles. The van der Waals surface area contributed by atoms with Crippen LogP contribution in [0.25, 0.3) is 21.8 Å². The molecule has 0 amide bonds. The molecular formula is C12H10N2. The lowest BCUT2D eigenvalue weighted by Gasteiger charge is -1.92. The second kappa shape index (κ2) is 2.51. The molecule has 2 nitrogen and oxygen atoms in total. The minimum absolute atomic E-state index is 0.808. The van der Waals surface area contributed by atoms with Gasteiger partial charge >= 0.3 is 0 Å². The van der Waals surface area contributed by atoms with Gasteiger partial charge in [0.2, 0.25) is 0 Å². The highest BCUT2D eigenvalue weighted by Crippen LogP contribution is 2.26. The Labute approximate surface area is 81.3 Å². The third-order valence-electron chi connectivity index (χ3n) is 2.53. The van der Waals surface area contributed by atoms with Crippen LogP contribution in [-0.2, 0) is 0 Å². The molecule has 0 unspecified atom stereocenters. The van der Waals surface area contributed by atoms with Crippen molar-refractivity contribution >= 4 is 27.5 Å². The Morgan fingerprint density at radius 1 is 0.857 bits per heavy atom. The number of hydrogen-bond donors (Lipinski definition) is 2. The summed E-state index contributed by atoms with van der Waals surface area (Å²) in [6.45, 7) is 0. The van der Waals surface area contributed by atoms with Gasteiger partial charge in [-0.1, -0.05) is 18.2 Å². The molecule has 2 aromatic carbocycles. The molecule has 0 radical (unpaired) electrons. The first-order valence-corrected chi connectivity index (χ1v) is 4.60. The number of nitrogen functional groups attached to an aromatic ring is 1. The van der Waals surface area contributed by atoms with Gasteiger partial charge in [0.1, 0.15) is 0 Å². The van der Waals surface area contributed by atoms with E-state index >= 15 is 0 Å². The van der Waals surface area contributed by atoms with E-state index in [1.54, 1.807) is 0 Å². The minimum Gasteiger partial charge on any atom is -0.399 e. The van der Waals surface area contributed by atoms with Gasteiger partial charge in [-0.25, -0.2) is 0 Å². The highest BCUT2D eigenvalue weighted by Gasteiger charge is 2.02. The van der Waals surface area contributed by atoms with Gasteiger partial charge in [-0.3, -0.25) is 0 Å². The topological polar surface area (TPSA) is 41.8 Å². The summed E-state index contributed by atoms with van der Waals surface area (Å²) >= 11 is 0. The van der Waals surface area contributed by atoms with Crippen molar-refractivity contribution in [2.45, 2.75) is 0 Å². The van der Waals surface area contributed by atoms with E-state index in [0.29, 0.717) is 0 Å². The van der Waals surface area contributed by atoms with Crippen LogP contribution in [0.5, 0.6) is 0 Å². The first-order chi connectivity index (χ1) is 6.84. The summed E-state index contributed by atoms with van der Waals surface area (Å²) < 4.78 is 0. The molecule has 0 aliphatic carbocycles. The van der Waals surface area contributed by atoms with E-state index in [1.807, 2.05) is 30.3 Å². The van der Waals surface area contributed by atoms with E-state index in [0.717, 1.165) is 16.7 Å². The van der Waals surface area contributed by atoms with Crippen molar-refractivity contribution in [1.82, 2.24) is 4.98 Å². The van der Waals surface area contributed by atoms with Gasteiger partial charge < -0.3 is 10.7 Å². The summed E-state index contributed by atoms with van der Waals surface area (Å²) in [5.74, 6) is 0. The molecule has 0 atom stereocenters. The summed E-state index contributed by atoms with van der Waals surface area (Å²) in [5.41, 5.74) is 8.87. The lowest BCUT2D eigenvalue weighted by molar-refractivity contribution is 1.55. The van der Waals surface area contributed by atoms with Crippen LogP contribution in [0.1, 0.15) is 0 Å². The van der Waals surface area contributed by atoms with E-state index in [4.69, 9.17) is 5.73 Å². The predicted octanol–water partition coefficient (Wildman–Crippen LogP) is 2.90. The molecule has 0 aliphatic heterocycles. The van der Waals surface area contributed by atoms with Crippen molar-refractivity contribution in [3.8, 4) is 0 Å². The molecule has 3 aromatic rings. The van der Waals surface area contributed by atoms with Crippen molar-refractivity contribution in [3.63, 3.8) is 0 Å². The number of aromatic amines is 1. The Morgan fingerprint density at radius 2 is 1.64 bits per heavy atom. The Balaban J connectivity index is 2.58. The van der Waals surface area contributed by atoms with Crippen LogP contribution in [0.4, 0.5) is 5.69 Å². The number of H-pyrrole nitrogens is 1. The average Bonchev–Trinajstić information content (AvgIpc) is 2.56. The molecule has 3 rings (SSSR count). The number of hydrogen-bond acceptors (Lipinski definition) is 1. The minimum atomic E-state index is 0.808. The second-order valence-corrected chi connectivity index (χ2v) is 3.48. The molecular weight excluding hydrogens is 172 g/mol. The fourth-order valence-corrected chi connectivity index (χ4v) is 1.87. The van der Waals surface area contributed by atoms with E-state index in [-0.39, 0.29) is 0 Å². The van der Waals surface area contributed by atoms with Crippen LogP contribution in [0.3, 0.4) is 0 Å². The zero-order chi connectivity index (χ0) is 9.54. The summed E-state index contributed by atoms with van der Waals surface area (Å²) in [6.07, 6.45) is 0. The van der Waals surface area contributed by atoms with Crippen molar-refractivity contribution in [2.24, 2.45) is 0 Å². The number of fused-ring (bicyclic) bond motifs is 3. The highest BCUT2D eigenvalue weighted by molar-refractivity contribution is 6.08. The zero-order valence-electron chi connectivity index (χ0n) is 7.62. The van der Waals surface area contributed by atoms with E-state index in [1.165, 1.54) is 10.8 Å². The van der Waals surface area contributed by atoms with E-state index < -0.39 is 0 Å². The zero-order valence-corrected chi connectivity index (χ0v) is 7.62. The van der Waals surface area contributed by atoms with Crippen LogP contribution in [-0.4, -0.2) is 4.98 Å². The van der Waals surface area contributed by atoms with Crippen molar-refractivity contribution in [2.75, 3.05) is 5.73 Å². The fourth-order valence-electron chi connectivity index (χ4n) is 1.87. The van der Waals surface area contributed by atoms with Crippen LogP contribution in [0.2, 0.25) is 0 Å². The molecule has 1 heterocycles. The Bertz CT molecular complexity index is 608. The van der Waals surface area contributed by atoms with Crippen LogP contribution in [0, 0.1) is 0 Å². The Kier molecular flexibility index (Phi) is 1.34. The standard InChI is InChI=1S/C12H10N2/c13-8-5-6-12-10(7-8)9-3-1-2-4-11(9)14-12/h1-7,14H,13H2. The maximum absolute atomic E-state index is 5.76. The molecule has 1 aromatic heterocycles. The van der Waals surface area contributed by atoms with Gasteiger partial charge in [0, 0.05) is 27.5 Å². The van der Waals surface area contributed by atoms with Crippen LogP contribution in [0.15, 0.2) is 42.5 Å². The summed E-state index contributed by atoms with van der Waals surface area (Å²) in [5, 5.41) is 2.43. The molecule has 68 valence electrons. The van der Waals surface area contributed by atoms with Crippen LogP contribution < -0.4 is 5.73 Å². The molecule has 14 heavy (non-hydrogen) atoms. The molecule has 0 fully saturated rings. The van der Waals surface area contributed by atoms with Gasteiger partial charge in [-0.05, 0) is 24.3 Å². The third-order valence-corrected chi connectivity index (χ3v) is 2.53. The molecule has 0 aliphatic rings. The Morgan fingerprint density at radius 3 is 2.57 bits per heavy atom. The lowest BCUT2D eigenvalue weighted by atomic mass is 10.1. The highest BCUT2D eigenvalue weighted by atomic mass is 14.7. The van der Waals surface area contributed by atoms with E-state index in [9.17, 15) is 0 Å². The number of nitrogens with one attached hydrogen (secondary N) is 1. The quantitative estimate of drug-likeness (QED) is 0.516. The first-order valence-electron chi connectivity index (χ1n) is 4.60. The third kappa shape index (κ3) is 0.909. The largest absolute Gasteiger partial charge is 0.399 e. The monoisotopic (exact) mass is 182 g/mol. The number of anilines is 1. The van der Waals surface area contributed by atoms with Gasteiger partial charge in [-0.2, -0.15) is 0 Å². The van der Waals surface area contributed by atoms with Crippen LogP contribution >= 0.6 is 0 Å². The average molecular weight is 182 g/mol. The fraction of sp³-hybridized carbons (Fsp3) is 0. The number of para-hydroxylation sites is 1. The molecule has 0 saturated heterocycles. The summed E-state index contributed by atoms with van der Waals surface area (Å²) in [6, 6.07) is 14.2. The summed E-state index contributed by atoms with van der Waals surface area (Å²) in [7, 11) is 0. The molecule has 2 heteroatoms. The molecule has 0 bridgehead atoms. The molecule has 3 N–H and O–H groups in total. The van der Waals surface area contributed by atoms with Gasteiger partial charge in [0.05, 0.1) is 0 Å².